The number of aliphatic hydroxyl groups excluding tert-OH is 3. The lowest BCUT2D eigenvalue weighted by Crippen LogP contribution is -2.45. The van der Waals surface area contributed by atoms with Crippen LogP contribution in [0.25, 0.3) is 0 Å². The molecule has 5 heteroatoms. The topological polar surface area (TPSA) is 89.8 Å². The zero-order valence-electron chi connectivity index (χ0n) is 33.5. The van der Waals surface area contributed by atoms with Crippen molar-refractivity contribution in [3.05, 3.63) is 24.3 Å². The van der Waals surface area contributed by atoms with Crippen LogP contribution in [0.2, 0.25) is 0 Å². The lowest BCUT2D eigenvalue weighted by Gasteiger charge is -2.21. The Labute approximate surface area is 312 Å². The average molecular weight is 706 g/mol. The minimum absolute atomic E-state index is 0.00956. The van der Waals surface area contributed by atoms with Gasteiger partial charge in [0.1, 0.15) is 0 Å². The molecule has 3 unspecified atom stereocenters. The summed E-state index contributed by atoms with van der Waals surface area (Å²) >= 11 is 0. The average Bonchev–Trinajstić information content (AvgIpc) is 3.11. The van der Waals surface area contributed by atoms with E-state index in [2.05, 4.69) is 31.3 Å². The molecule has 0 rings (SSSR count). The molecule has 3 atom stereocenters. The number of nitrogens with one attached hydrogen (secondary N) is 1. The zero-order valence-corrected chi connectivity index (χ0v) is 33.5. The standard InChI is InChI=1S/C45H87NO4/c1-3-5-7-9-11-13-15-17-19-20-21-22-23-25-27-29-31-33-35-37-39-44(49)43(41-47)46-45(50)40-42(48)38-36-34-32-30-28-26-24-18-16-14-12-10-8-6-4-2/h29,31,37,39,42-44,47-49H,3-28,30,32-36,38,40-41H2,1-2H3,(H,46,50)/b31-29+,39-37+. The van der Waals surface area contributed by atoms with Crippen molar-refractivity contribution in [2.24, 2.45) is 0 Å². The van der Waals surface area contributed by atoms with Crippen molar-refractivity contribution in [1.82, 2.24) is 5.32 Å². The molecule has 0 heterocycles. The van der Waals surface area contributed by atoms with Gasteiger partial charge < -0.3 is 20.6 Å². The van der Waals surface area contributed by atoms with E-state index in [9.17, 15) is 20.1 Å². The van der Waals surface area contributed by atoms with Gasteiger partial charge in [0.15, 0.2) is 0 Å². The highest BCUT2D eigenvalue weighted by Gasteiger charge is 2.20. The summed E-state index contributed by atoms with van der Waals surface area (Å²) in [6.07, 6.45) is 48.9. The van der Waals surface area contributed by atoms with Gasteiger partial charge in [0.25, 0.3) is 0 Å². The minimum Gasteiger partial charge on any atom is -0.394 e. The number of allylic oxidation sites excluding steroid dienone is 3. The molecule has 0 aliphatic heterocycles. The summed E-state index contributed by atoms with van der Waals surface area (Å²) in [7, 11) is 0. The third kappa shape index (κ3) is 36.6. The summed E-state index contributed by atoms with van der Waals surface area (Å²) in [5.41, 5.74) is 0. The fourth-order valence-electron chi connectivity index (χ4n) is 6.83. The molecule has 0 saturated carbocycles. The molecule has 0 aromatic rings. The van der Waals surface area contributed by atoms with Gasteiger partial charge in [0, 0.05) is 0 Å². The van der Waals surface area contributed by atoms with Gasteiger partial charge in [0.05, 0.1) is 31.3 Å². The van der Waals surface area contributed by atoms with Crippen LogP contribution in [0, 0.1) is 0 Å². The molecule has 0 bridgehead atoms. The van der Waals surface area contributed by atoms with Crippen LogP contribution in [0.3, 0.4) is 0 Å². The van der Waals surface area contributed by atoms with Gasteiger partial charge >= 0.3 is 0 Å². The minimum atomic E-state index is -0.948. The van der Waals surface area contributed by atoms with E-state index in [-0.39, 0.29) is 18.9 Å². The highest BCUT2D eigenvalue weighted by Crippen LogP contribution is 2.16. The van der Waals surface area contributed by atoms with Gasteiger partial charge in [0.2, 0.25) is 5.91 Å². The number of carbonyl (C=O) groups excluding carboxylic acids is 1. The number of aliphatic hydroxyl groups is 3. The fourth-order valence-corrected chi connectivity index (χ4v) is 6.83. The number of carbonyl (C=O) groups is 1. The molecule has 296 valence electrons. The SMILES string of the molecule is CCCCCCCCCCCCCCCC/C=C/CC/C=C/C(O)C(CO)NC(=O)CC(O)CCCCCCCCCCCCCCCCC. The Hall–Kier alpha value is -1.17. The third-order valence-electron chi connectivity index (χ3n) is 10.2. The predicted molar refractivity (Wildman–Crippen MR) is 218 cm³/mol. The molecule has 0 fully saturated rings. The Morgan fingerprint density at radius 2 is 0.860 bits per heavy atom. The molecule has 50 heavy (non-hydrogen) atoms. The molecular weight excluding hydrogens is 618 g/mol. The smallest absolute Gasteiger partial charge is 0.222 e. The Balaban J connectivity index is 3.69. The summed E-state index contributed by atoms with van der Waals surface area (Å²) in [6.45, 7) is 4.21. The van der Waals surface area contributed by atoms with Crippen LogP contribution in [0.1, 0.15) is 232 Å². The quantitative estimate of drug-likeness (QED) is 0.0377. The lowest BCUT2D eigenvalue weighted by molar-refractivity contribution is -0.124. The normalized spacial score (nSPS) is 13.8. The monoisotopic (exact) mass is 706 g/mol. The second-order valence-corrected chi connectivity index (χ2v) is 15.3. The molecular formula is C45H87NO4. The molecule has 0 spiro atoms. The van der Waals surface area contributed by atoms with Crippen LogP contribution in [-0.2, 0) is 4.79 Å². The second kappa shape index (κ2) is 40.6. The number of rotatable bonds is 40. The third-order valence-corrected chi connectivity index (χ3v) is 10.2. The first kappa shape index (κ1) is 48.8. The first-order chi connectivity index (χ1) is 24.5. The van der Waals surface area contributed by atoms with E-state index in [1.807, 2.05) is 6.08 Å². The van der Waals surface area contributed by atoms with Crippen molar-refractivity contribution in [2.45, 2.75) is 250 Å². The van der Waals surface area contributed by atoms with E-state index in [4.69, 9.17) is 0 Å². The number of unbranched alkanes of at least 4 members (excludes halogenated alkanes) is 29. The van der Waals surface area contributed by atoms with Crippen LogP contribution >= 0.6 is 0 Å². The summed E-state index contributed by atoms with van der Waals surface area (Å²) in [4.78, 5) is 12.4. The molecule has 4 N–H and O–H groups in total. The van der Waals surface area contributed by atoms with E-state index in [0.717, 1.165) is 32.1 Å². The largest absolute Gasteiger partial charge is 0.394 e. The fraction of sp³-hybridized carbons (Fsp3) is 0.889. The first-order valence-electron chi connectivity index (χ1n) is 22.1. The van der Waals surface area contributed by atoms with Gasteiger partial charge in [-0.3, -0.25) is 4.79 Å². The van der Waals surface area contributed by atoms with Crippen molar-refractivity contribution in [3.8, 4) is 0 Å². The van der Waals surface area contributed by atoms with Crippen LogP contribution in [0.15, 0.2) is 24.3 Å². The number of hydrogen-bond donors (Lipinski definition) is 4. The molecule has 0 aliphatic rings. The predicted octanol–water partition coefficient (Wildman–Crippen LogP) is 12.6. The Morgan fingerprint density at radius 1 is 0.500 bits per heavy atom. The molecule has 0 aliphatic carbocycles. The Kier molecular flexibility index (Phi) is 39.6. The zero-order chi connectivity index (χ0) is 36.6. The number of amides is 1. The van der Waals surface area contributed by atoms with Crippen LogP contribution in [0.4, 0.5) is 0 Å². The van der Waals surface area contributed by atoms with Crippen molar-refractivity contribution in [2.75, 3.05) is 6.61 Å². The lowest BCUT2D eigenvalue weighted by atomic mass is 10.0. The Morgan fingerprint density at radius 3 is 1.28 bits per heavy atom. The van der Waals surface area contributed by atoms with Crippen LogP contribution in [-0.4, -0.2) is 46.1 Å². The van der Waals surface area contributed by atoms with Crippen molar-refractivity contribution < 1.29 is 20.1 Å². The van der Waals surface area contributed by atoms with E-state index in [1.54, 1.807) is 6.08 Å². The summed E-state index contributed by atoms with van der Waals surface area (Å²) in [5.74, 6) is -0.323. The molecule has 0 aromatic carbocycles. The van der Waals surface area contributed by atoms with Crippen molar-refractivity contribution in [3.63, 3.8) is 0 Å². The van der Waals surface area contributed by atoms with E-state index in [1.165, 1.54) is 173 Å². The maximum atomic E-state index is 12.4. The molecule has 0 saturated heterocycles. The van der Waals surface area contributed by atoms with Crippen molar-refractivity contribution >= 4 is 5.91 Å². The van der Waals surface area contributed by atoms with Gasteiger partial charge in [-0.15, -0.1) is 0 Å². The molecule has 0 aromatic heterocycles. The summed E-state index contributed by atoms with van der Waals surface area (Å²) in [5, 5.41) is 33.2. The van der Waals surface area contributed by atoms with Gasteiger partial charge in [-0.25, -0.2) is 0 Å². The highest BCUT2D eigenvalue weighted by atomic mass is 16.3. The van der Waals surface area contributed by atoms with Gasteiger partial charge in [-0.05, 0) is 32.1 Å². The number of hydrogen-bond acceptors (Lipinski definition) is 4. The Bertz CT molecular complexity index is 739. The summed E-state index contributed by atoms with van der Waals surface area (Å²) in [6, 6.07) is -0.757. The molecule has 0 radical (unpaired) electrons. The summed E-state index contributed by atoms with van der Waals surface area (Å²) < 4.78 is 0. The van der Waals surface area contributed by atoms with Crippen LogP contribution in [0.5, 0.6) is 0 Å². The van der Waals surface area contributed by atoms with Gasteiger partial charge in [-0.1, -0.05) is 218 Å². The molecule has 5 nitrogen and oxygen atoms in total. The first-order valence-corrected chi connectivity index (χ1v) is 22.1. The van der Waals surface area contributed by atoms with E-state index >= 15 is 0 Å². The maximum Gasteiger partial charge on any atom is 0.222 e. The maximum absolute atomic E-state index is 12.4. The second-order valence-electron chi connectivity index (χ2n) is 15.3. The molecule has 1 amide bonds. The van der Waals surface area contributed by atoms with Crippen LogP contribution < -0.4 is 5.32 Å². The highest BCUT2D eigenvalue weighted by molar-refractivity contribution is 5.76. The van der Waals surface area contributed by atoms with Crippen molar-refractivity contribution in [1.29, 1.82) is 0 Å². The van der Waals surface area contributed by atoms with E-state index < -0.39 is 18.2 Å². The van der Waals surface area contributed by atoms with Gasteiger partial charge in [-0.2, -0.15) is 0 Å². The van der Waals surface area contributed by atoms with E-state index in [0.29, 0.717) is 6.42 Å².